The van der Waals surface area contributed by atoms with E-state index in [0.717, 1.165) is 18.4 Å². The minimum atomic E-state index is -0.283. The molecule has 1 aliphatic heterocycles. The number of rotatable bonds is 1. The lowest BCUT2D eigenvalue weighted by molar-refractivity contribution is -0.134. The van der Waals surface area contributed by atoms with E-state index in [9.17, 15) is 4.79 Å². The summed E-state index contributed by atoms with van der Waals surface area (Å²) in [6.07, 6.45) is 9.34. The van der Waals surface area contributed by atoms with Gasteiger partial charge in [-0.15, -0.1) is 0 Å². The minimum absolute atomic E-state index is 0.0214. The summed E-state index contributed by atoms with van der Waals surface area (Å²) in [7, 11) is 1.40. The van der Waals surface area contributed by atoms with Crippen LogP contribution in [0, 0.1) is 5.41 Å². The van der Waals surface area contributed by atoms with Crippen LogP contribution in [0.1, 0.15) is 19.3 Å². The number of carbonyl (C=O) groups is 1. The monoisotopic (exact) mass is 208 g/mol. The Balaban J connectivity index is 2.24. The highest BCUT2D eigenvalue weighted by Gasteiger charge is 2.38. The normalized spacial score (nSPS) is 32.5. The van der Waals surface area contributed by atoms with Gasteiger partial charge in [0.15, 0.2) is 0 Å². The van der Waals surface area contributed by atoms with Gasteiger partial charge in [-0.1, -0.05) is 12.2 Å². The van der Waals surface area contributed by atoms with Crippen LogP contribution < -0.4 is 0 Å². The second-order valence-corrected chi connectivity index (χ2v) is 4.14. The summed E-state index contributed by atoms with van der Waals surface area (Å²) in [5, 5.41) is 0. The Hall–Kier alpha value is -1.09. The molecule has 82 valence electrons. The fraction of sp³-hybridized carbons (Fsp3) is 0.583. The Morgan fingerprint density at radius 3 is 3.20 bits per heavy atom. The molecule has 2 aliphatic rings. The molecule has 3 heteroatoms. The highest BCUT2D eigenvalue weighted by molar-refractivity contribution is 5.83. The van der Waals surface area contributed by atoms with E-state index in [2.05, 4.69) is 16.9 Å². The first kappa shape index (κ1) is 10.4. The van der Waals surface area contributed by atoms with Gasteiger partial charge in [0.05, 0.1) is 20.3 Å². The van der Waals surface area contributed by atoms with Crippen LogP contribution >= 0.6 is 0 Å². The zero-order valence-corrected chi connectivity index (χ0v) is 8.99. The fourth-order valence-corrected chi connectivity index (χ4v) is 2.28. The first-order chi connectivity index (χ1) is 7.27. The average Bonchev–Trinajstić information content (AvgIpc) is 2.63. The van der Waals surface area contributed by atoms with Crippen LogP contribution in [0.2, 0.25) is 0 Å². The van der Waals surface area contributed by atoms with E-state index in [1.54, 1.807) is 6.08 Å². The zero-order chi connectivity index (χ0) is 10.7. The van der Waals surface area contributed by atoms with Gasteiger partial charge in [-0.3, -0.25) is 0 Å². The van der Waals surface area contributed by atoms with Crippen molar-refractivity contribution in [2.45, 2.75) is 19.3 Å². The van der Waals surface area contributed by atoms with Crippen LogP contribution in [0.4, 0.5) is 0 Å². The number of methoxy groups -OCH3 is 1. The van der Waals surface area contributed by atoms with Gasteiger partial charge in [-0.2, -0.15) is 0 Å². The molecule has 15 heavy (non-hydrogen) atoms. The standard InChI is InChI=1S/C12H16O3/c1-14-11(13)7-10-8-15-9-12(10)5-3-2-4-6-12/h3,5,7H,2,4,6,8-9H2,1H3/b10-7+/t12-/m0/s1. The van der Waals surface area contributed by atoms with E-state index in [1.165, 1.54) is 13.5 Å². The number of allylic oxidation sites excluding steroid dienone is 1. The molecule has 3 nitrogen and oxygen atoms in total. The molecule has 0 bridgehead atoms. The van der Waals surface area contributed by atoms with E-state index in [4.69, 9.17) is 4.74 Å². The summed E-state index contributed by atoms with van der Waals surface area (Å²) in [5.41, 5.74) is 1.04. The molecule has 0 amide bonds. The van der Waals surface area contributed by atoms with E-state index in [-0.39, 0.29) is 11.4 Å². The van der Waals surface area contributed by atoms with Crippen molar-refractivity contribution in [2.75, 3.05) is 20.3 Å². The minimum Gasteiger partial charge on any atom is -0.466 e. The molecule has 2 rings (SSSR count). The van der Waals surface area contributed by atoms with Gasteiger partial charge < -0.3 is 9.47 Å². The van der Waals surface area contributed by atoms with Crippen LogP contribution in [-0.4, -0.2) is 26.3 Å². The van der Waals surface area contributed by atoms with E-state index in [0.29, 0.717) is 13.2 Å². The van der Waals surface area contributed by atoms with Crippen LogP contribution in [0.3, 0.4) is 0 Å². The highest BCUT2D eigenvalue weighted by atomic mass is 16.5. The number of hydrogen-bond donors (Lipinski definition) is 0. The molecule has 1 saturated heterocycles. The Bertz CT molecular complexity index is 317. The second-order valence-electron chi connectivity index (χ2n) is 4.14. The quantitative estimate of drug-likeness (QED) is 0.375. The molecule has 1 spiro atoms. The van der Waals surface area contributed by atoms with Gasteiger partial charge in [0.2, 0.25) is 0 Å². The third kappa shape index (κ3) is 1.97. The summed E-state index contributed by atoms with van der Waals surface area (Å²) in [6.45, 7) is 1.26. The lowest BCUT2D eigenvalue weighted by Crippen LogP contribution is -2.23. The summed E-state index contributed by atoms with van der Waals surface area (Å²) >= 11 is 0. The van der Waals surface area contributed by atoms with Crippen molar-refractivity contribution in [1.82, 2.24) is 0 Å². The molecule has 0 aromatic carbocycles. The predicted octanol–water partition coefficient (Wildman–Crippen LogP) is 1.84. The predicted molar refractivity (Wildman–Crippen MR) is 56.3 cm³/mol. The maximum Gasteiger partial charge on any atom is 0.330 e. The maximum atomic E-state index is 11.2. The van der Waals surface area contributed by atoms with Crippen molar-refractivity contribution in [1.29, 1.82) is 0 Å². The maximum absolute atomic E-state index is 11.2. The van der Waals surface area contributed by atoms with Gasteiger partial charge in [-0.25, -0.2) is 4.79 Å². The molecule has 0 aromatic heterocycles. The van der Waals surface area contributed by atoms with Gasteiger partial charge in [0.1, 0.15) is 0 Å². The molecule has 0 saturated carbocycles. The van der Waals surface area contributed by atoms with Crippen molar-refractivity contribution in [3.05, 3.63) is 23.8 Å². The molecular formula is C12H16O3. The topological polar surface area (TPSA) is 35.5 Å². The lowest BCUT2D eigenvalue weighted by Gasteiger charge is -2.28. The van der Waals surface area contributed by atoms with Crippen LogP contribution in [0.5, 0.6) is 0 Å². The number of ether oxygens (including phenoxy) is 2. The molecule has 0 N–H and O–H groups in total. The molecule has 1 heterocycles. The number of esters is 1. The summed E-state index contributed by atoms with van der Waals surface area (Å²) in [5.74, 6) is -0.283. The summed E-state index contributed by atoms with van der Waals surface area (Å²) < 4.78 is 10.1. The molecule has 0 radical (unpaired) electrons. The van der Waals surface area contributed by atoms with Crippen LogP contribution in [0.25, 0.3) is 0 Å². The van der Waals surface area contributed by atoms with Gasteiger partial charge >= 0.3 is 5.97 Å². The molecule has 1 fully saturated rings. The molecule has 0 aromatic rings. The zero-order valence-electron chi connectivity index (χ0n) is 8.99. The smallest absolute Gasteiger partial charge is 0.330 e. The molecular weight excluding hydrogens is 192 g/mol. The van der Waals surface area contributed by atoms with Crippen LogP contribution in [0.15, 0.2) is 23.8 Å². The Morgan fingerprint density at radius 2 is 2.53 bits per heavy atom. The highest BCUT2D eigenvalue weighted by Crippen LogP contribution is 2.42. The van der Waals surface area contributed by atoms with Crippen LogP contribution in [-0.2, 0) is 14.3 Å². The van der Waals surface area contributed by atoms with Crippen molar-refractivity contribution < 1.29 is 14.3 Å². The summed E-state index contributed by atoms with van der Waals surface area (Å²) in [6, 6.07) is 0. The first-order valence-electron chi connectivity index (χ1n) is 5.31. The largest absolute Gasteiger partial charge is 0.466 e. The van der Waals surface area contributed by atoms with E-state index in [1.807, 2.05) is 0 Å². The second kappa shape index (κ2) is 4.19. The Morgan fingerprint density at radius 1 is 1.67 bits per heavy atom. The van der Waals surface area contributed by atoms with Crippen molar-refractivity contribution in [3.63, 3.8) is 0 Å². The van der Waals surface area contributed by atoms with E-state index >= 15 is 0 Å². The van der Waals surface area contributed by atoms with Gasteiger partial charge in [0.25, 0.3) is 0 Å². The lowest BCUT2D eigenvalue weighted by atomic mass is 9.75. The van der Waals surface area contributed by atoms with Gasteiger partial charge in [0, 0.05) is 11.5 Å². The fourth-order valence-electron chi connectivity index (χ4n) is 2.28. The third-order valence-electron chi connectivity index (χ3n) is 3.18. The van der Waals surface area contributed by atoms with E-state index < -0.39 is 0 Å². The summed E-state index contributed by atoms with van der Waals surface area (Å²) in [4.78, 5) is 11.2. The van der Waals surface area contributed by atoms with Crippen molar-refractivity contribution in [2.24, 2.45) is 5.41 Å². The Kier molecular flexibility index (Phi) is 2.91. The average molecular weight is 208 g/mol. The third-order valence-corrected chi connectivity index (χ3v) is 3.18. The number of carbonyl (C=O) groups excluding carboxylic acids is 1. The van der Waals surface area contributed by atoms with Gasteiger partial charge in [-0.05, 0) is 24.8 Å². The molecule has 1 atom stereocenters. The van der Waals surface area contributed by atoms with Crippen molar-refractivity contribution in [3.8, 4) is 0 Å². The molecule has 0 unspecified atom stereocenters. The SMILES string of the molecule is COC(=O)/C=C1\COC[C@@]12C=CCCC2. The molecule has 1 aliphatic carbocycles. The number of hydrogen-bond acceptors (Lipinski definition) is 3. The van der Waals surface area contributed by atoms with Crippen molar-refractivity contribution >= 4 is 5.97 Å². The Labute approximate surface area is 89.8 Å². The first-order valence-corrected chi connectivity index (χ1v) is 5.31.